The summed E-state index contributed by atoms with van der Waals surface area (Å²) in [6.45, 7) is 16.0. The molecule has 0 saturated carbocycles. The molecule has 0 fully saturated rings. The van der Waals surface area contributed by atoms with Crippen molar-refractivity contribution in [1.82, 2.24) is 25.5 Å². The number of benzene rings is 1. The second-order valence-corrected chi connectivity index (χ2v) is 10.1. The Morgan fingerprint density at radius 1 is 1.11 bits per heavy atom. The van der Waals surface area contributed by atoms with E-state index in [-0.39, 0.29) is 0 Å². The van der Waals surface area contributed by atoms with Gasteiger partial charge in [0.25, 0.3) is 0 Å². The second-order valence-electron chi connectivity index (χ2n) is 9.06. The van der Waals surface area contributed by atoms with Crippen molar-refractivity contribution < 1.29 is 0 Å². The Labute approximate surface area is 221 Å². The van der Waals surface area contributed by atoms with Crippen molar-refractivity contribution in [3.8, 4) is 21.8 Å². The lowest BCUT2D eigenvalue weighted by Gasteiger charge is -2.07. The molecule has 0 amide bonds. The molecule has 0 aliphatic heterocycles. The Bertz CT molecular complexity index is 1670. The molecular weight excluding hydrogens is 474 g/mol. The van der Waals surface area contributed by atoms with Crippen LogP contribution < -0.4 is 5.32 Å². The predicted octanol–water partition coefficient (Wildman–Crippen LogP) is 7.99. The van der Waals surface area contributed by atoms with Gasteiger partial charge >= 0.3 is 0 Å². The molecule has 1 aromatic carbocycles. The number of fused-ring (bicyclic) bond motifs is 2. The van der Waals surface area contributed by atoms with Crippen molar-refractivity contribution >= 4 is 44.3 Å². The van der Waals surface area contributed by atoms with Crippen molar-refractivity contribution in [2.24, 2.45) is 0 Å². The summed E-state index contributed by atoms with van der Waals surface area (Å²) in [7, 11) is 0. The van der Waals surface area contributed by atoms with Crippen LogP contribution in [0, 0.1) is 0 Å². The van der Waals surface area contributed by atoms with E-state index in [4.69, 9.17) is 0 Å². The van der Waals surface area contributed by atoms with Gasteiger partial charge in [-0.15, -0.1) is 11.3 Å². The highest BCUT2D eigenvalue weighted by atomic mass is 32.1. The molecule has 186 valence electrons. The highest BCUT2D eigenvalue weighted by Gasteiger charge is 2.16. The number of thiophene rings is 1. The molecule has 0 spiro atoms. The summed E-state index contributed by atoms with van der Waals surface area (Å²) in [6.07, 6.45) is 10.1. The molecule has 0 aliphatic rings. The Kier molecular flexibility index (Phi) is 7.04. The first-order valence-electron chi connectivity index (χ1n) is 12.4. The Morgan fingerprint density at radius 3 is 2.70 bits per heavy atom. The first-order chi connectivity index (χ1) is 18.0. The maximum atomic E-state index is 4.69. The molecule has 0 bridgehead atoms. The fourth-order valence-electron chi connectivity index (χ4n) is 4.47. The van der Waals surface area contributed by atoms with E-state index in [2.05, 4.69) is 101 Å². The van der Waals surface area contributed by atoms with Crippen LogP contribution in [0.3, 0.4) is 0 Å². The van der Waals surface area contributed by atoms with Crippen LogP contribution >= 0.6 is 11.3 Å². The number of H-pyrrole nitrogens is 2. The molecule has 0 unspecified atom stereocenters. The minimum absolute atomic E-state index is 0.792. The first kappa shape index (κ1) is 24.7. The van der Waals surface area contributed by atoms with E-state index in [1.54, 1.807) is 11.3 Å². The van der Waals surface area contributed by atoms with Crippen LogP contribution in [-0.4, -0.2) is 33.3 Å². The highest BCUT2D eigenvalue weighted by molar-refractivity contribution is 7.16. The van der Waals surface area contributed by atoms with Crippen molar-refractivity contribution in [1.29, 1.82) is 0 Å². The number of aromatic amines is 2. The van der Waals surface area contributed by atoms with Crippen molar-refractivity contribution in [2.75, 3.05) is 13.1 Å². The molecule has 4 heterocycles. The van der Waals surface area contributed by atoms with Crippen LogP contribution in [0.25, 0.3) is 54.8 Å². The molecule has 3 N–H and O–H groups in total. The van der Waals surface area contributed by atoms with Crippen LogP contribution in [-0.2, 0) is 0 Å². The third kappa shape index (κ3) is 4.86. The summed E-state index contributed by atoms with van der Waals surface area (Å²) >= 11 is 1.74. The number of nitrogens with zero attached hydrogens (tertiary/aromatic N) is 2. The number of rotatable bonds is 9. The zero-order valence-electron chi connectivity index (χ0n) is 21.5. The van der Waals surface area contributed by atoms with Crippen molar-refractivity contribution in [3.63, 3.8) is 0 Å². The van der Waals surface area contributed by atoms with E-state index in [0.29, 0.717) is 0 Å². The molecule has 0 radical (unpaired) electrons. The number of hydrogen-bond acceptors (Lipinski definition) is 4. The molecule has 0 aliphatic carbocycles. The van der Waals surface area contributed by atoms with Gasteiger partial charge in [-0.2, -0.15) is 5.10 Å². The van der Waals surface area contributed by atoms with E-state index in [0.717, 1.165) is 74.1 Å². The molecule has 6 heteroatoms. The summed E-state index contributed by atoms with van der Waals surface area (Å²) in [5.41, 5.74) is 9.46. The smallest absolute Gasteiger partial charge is 0.116 e. The topological polar surface area (TPSA) is 69.4 Å². The number of aromatic nitrogens is 4. The zero-order valence-corrected chi connectivity index (χ0v) is 22.3. The number of nitrogens with one attached hydrogen (secondary N) is 3. The molecule has 37 heavy (non-hydrogen) atoms. The van der Waals surface area contributed by atoms with Gasteiger partial charge < -0.3 is 10.3 Å². The Balaban J connectivity index is 1.57. The molecule has 5 aromatic rings. The molecule has 5 rings (SSSR count). The number of likely N-dealkylation sites (N-methyl/N-ethyl adjacent to an activating group) is 1. The van der Waals surface area contributed by atoms with Gasteiger partial charge in [0.05, 0.1) is 22.9 Å². The quantitative estimate of drug-likeness (QED) is 0.178. The fourth-order valence-corrected chi connectivity index (χ4v) is 5.43. The average molecular weight is 506 g/mol. The van der Waals surface area contributed by atoms with Crippen molar-refractivity contribution in [3.05, 3.63) is 96.2 Å². The molecule has 0 atom stereocenters. The zero-order chi connectivity index (χ0) is 25.9. The summed E-state index contributed by atoms with van der Waals surface area (Å²) in [4.78, 5) is 10.4. The second kappa shape index (κ2) is 10.5. The number of pyridine rings is 1. The highest BCUT2D eigenvalue weighted by Crippen LogP contribution is 2.37. The van der Waals surface area contributed by atoms with Crippen LogP contribution in [0.5, 0.6) is 0 Å². The lowest BCUT2D eigenvalue weighted by Crippen LogP contribution is -2.15. The van der Waals surface area contributed by atoms with Crippen LogP contribution in [0.2, 0.25) is 0 Å². The average Bonchev–Trinajstić information content (AvgIpc) is 3.66. The summed E-state index contributed by atoms with van der Waals surface area (Å²) in [5.74, 6) is 0. The summed E-state index contributed by atoms with van der Waals surface area (Å²) < 4.78 is 0. The third-order valence-corrected chi connectivity index (χ3v) is 7.76. The maximum absolute atomic E-state index is 4.69. The van der Waals surface area contributed by atoms with E-state index in [1.807, 2.05) is 25.4 Å². The minimum Gasteiger partial charge on any atom is -0.352 e. The van der Waals surface area contributed by atoms with Gasteiger partial charge in [0.2, 0.25) is 0 Å². The van der Waals surface area contributed by atoms with E-state index >= 15 is 0 Å². The standard InChI is InChI=1S/C31H31N5S/c1-6-20(16-32-8-3)13-21(7-2)22-9-10-26-24(14-22)31(36-35-26)27-15-23-25(17-33-18-28(23)34-27)30-12-11-29(37-30)19(4)5/h6-7,9-15,17-18,32,34H,1,4,8,16H2,2-3,5H3,(H,35,36)/b20-13+,21-7+. The Hall–Kier alpha value is -4.00. The maximum Gasteiger partial charge on any atom is 0.116 e. The van der Waals surface area contributed by atoms with Gasteiger partial charge in [-0.05, 0) is 73.0 Å². The number of hydrogen-bond donors (Lipinski definition) is 3. The SMILES string of the molecule is C=C/C(=C\C(=C/C)c1ccc2[nH]nc(-c3cc4c(-c5ccc(C(=C)C)s5)cncc4[nH]3)c2c1)CNCC. The minimum atomic E-state index is 0.792. The van der Waals surface area contributed by atoms with Crippen LogP contribution in [0.1, 0.15) is 31.2 Å². The molecule has 0 saturated heterocycles. The van der Waals surface area contributed by atoms with Gasteiger partial charge in [-0.25, -0.2) is 0 Å². The third-order valence-electron chi connectivity index (χ3n) is 6.48. The Morgan fingerprint density at radius 2 is 1.97 bits per heavy atom. The van der Waals surface area contributed by atoms with E-state index in [1.165, 1.54) is 9.75 Å². The van der Waals surface area contributed by atoms with Gasteiger partial charge in [-0.1, -0.05) is 44.4 Å². The monoisotopic (exact) mass is 505 g/mol. The van der Waals surface area contributed by atoms with E-state index in [9.17, 15) is 0 Å². The first-order valence-corrected chi connectivity index (χ1v) is 13.3. The van der Waals surface area contributed by atoms with Crippen molar-refractivity contribution in [2.45, 2.75) is 20.8 Å². The number of allylic oxidation sites excluding steroid dienone is 4. The molecular formula is C31H31N5S. The predicted molar refractivity (Wildman–Crippen MR) is 160 cm³/mol. The molecule has 4 aromatic heterocycles. The lowest BCUT2D eigenvalue weighted by molar-refractivity contribution is 0.785. The summed E-state index contributed by atoms with van der Waals surface area (Å²) in [5, 5.41) is 13.5. The summed E-state index contributed by atoms with van der Waals surface area (Å²) in [6, 6.07) is 12.9. The van der Waals surface area contributed by atoms with Gasteiger partial charge in [0.15, 0.2) is 0 Å². The van der Waals surface area contributed by atoms with Crippen LogP contribution in [0.4, 0.5) is 0 Å². The van der Waals surface area contributed by atoms with Gasteiger partial charge in [0.1, 0.15) is 5.69 Å². The van der Waals surface area contributed by atoms with Gasteiger partial charge in [-0.3, -0.25) is 10.1 Å². The van der Waals surface area contributed by atoms with Crippen LogP contribution in [0.15, 0.2) is 85.8 Å². The largest absolute Gasteiger partial charge is 0.352 e. The lowest BCUT2D eigenvalue weighted by atomic mass is 10.00. The van der Waals surface area contributed by atoms with Gasteiger partial charge in [0, 0.05) is 38.8 Å². The van der Waals surface area contributed by atoms with E-state index < -0.39 is 0 Å². The fraction of sp³-hybridized carbons (Fsp3) is 0.161. The normalized spacial score (nSPS) is 12.5. The molecule has 5 nitrogen and oxygen atoms in total.